The number of furan rings is 1. The van der Waals surface area contributed by atoms with Crippen molar-refractivity contribution in [1.82, 2.24) is 4.90 Å². The Bertz CT molecular complexity index is 408. The average Bonchev–Trinajstić information content (AvgIpc) is 2.71. The predicted molar refractivity (Wildman–Crippen MR) is 53.2 cm³/mol. The van der Waals surface area contributed by atoms with Crippen LogP contribution in [0.15, 0.2) is 16.5 Å². The monoisotopic (exact) mass is 207 g/mol. The van der Waals surface area contributed by atoms with Crippen LogP contribution in [0.2, 0.25) is 0 Å². The zero-order chi connectivity index (χ0) is 11.0. The second-order valence-corrected chi connectivity index (χ2v) is 3.86. The molecule has 4 nitrogen and oxygen atoms in total. The highest BCUT2D eigenvalue weighted by Gasteiger charge is 2.32. The Balaban J connectivity index is 2.18. The Morgan fingerprint density at radius 1 is 1.40 bits per heavy atom. The Hall–Kier alpha value is -1.58. The molecule has 0 spiro atoms. The molecule has 2 heterocycles. The second-order valence-electron chi connectivity index (χ2n) is 3.86. The highest BCUT2D eigenvalue weighted by Crippen LogP contribution is 2.25. The maximum Gasteiger partial charge on any atom is 0.231 e. The van der Waals surface area contributed by atoms with Crippen LogP contribution in [0, 0.1) is 6.92 Å². The third-order valence-corrected chi connectivity index (χ3v) is 2.66. The topological polar surface area (TPSA) is 50.5 Å². The van der Waals surface area contributed by atoms with E-state index in [1.54, 1.807) is 4.90 Å². The zero-order valence-corrected chi connectivity index (χ0v) is 8.82. The summed E-state index contributed by atoms with van der Waals surface area (Å²) in [6.45, 7) is 3.93. The van der Waals surface area contributed by atoms with Crippen LogP contribution in [0.25, 0.3) is 0 Å². The second kappa shape index (κ2) is 3.53. The fraction of sp³-hybridized carbons (Fsp3) is 0.455. The minimum atomic E-state index is -0.155. The Morgan fingerprint density at radius 2 is 2.13 bits per heavy atom. The maximum atomic E-state index is 11.5. The number of aryl methyl sites for hydroxylation is 1. The largest absolute Gasteiger partial charge is 0.464 e. The summed E-state index contributed by atoms with van der Waals surface area (Å²) < 4.78 is 5.44. The van der Waals surface area contributed by atoms with Crippen molar-refractivity contribution in [3.8, 4) is 0 Å². The Labute approximate surface area is 87.9 Å². The molecule has 0 bridgehead atoms. The molecule has 0 aliphatic carbocycles. The lowest BCUT2D eigenvalue weighted by Crippen LogP contribution is -2.28. The molecule has 80 valence electrons. The number of hydrogen-bond acceptors (Lipinski definition) is 3. The van der Waals surface area contributed by atoms with Gasteiger partial charge in [0.1, 0.15) is 11.5 Å². The Kier molecular flexibility index (Phi) is 2.34. The van der Waals surface area contributed by atoms with Gasteiger partial charge in [-0.25, -0.2) is 0 Å². The molecule has 0 saturated carbocycles. The van der Waals surface area contributed by atoms with Crippen molar-refractivity contribution in [2.24, 2.45) is 0 Å². The number of hydrogen-bond donors (Lipinski definition) is 0. The van der Waals surface area contributed by atoms with Gasteiger partial charge in [0.2, 0.25) is 5.91 Å². The van der Waals surface area contributed by atoms with Gasteiger partial charge < -0.3 is 9.32 Å². The summed E-state index contributed by atoms with van der Waals surface area (Å²) in [5, 5.41) is 0. The third-order valence-electron chi connectivity index (χ3n) is 2.66. The molecule has 1 aliphatic heterocycles. The van der Waals surface area contributed by atoms with Gasteiger partial charge in [0, 0.05) is 0 Å². The fourth-order valence-electron chi connectivity index (χ4n) is 1.79. The van der Waals surface area contributed by atoms with Crippen LogP contribution >= 0.6 is 0 Å². The van der Waals surface area contributed by atoms with E-state index in [1.165, 1.54) is 0 Å². The van der Waals surface area contributed by atoms with Crippen LogP contribution in [-0.2, 0) is 9.59 Å². The van der Waals surface area contributed by atoms with Crippen molar-refractivity contribution < 1.29 is 14.0 Å². The van der Waals surface area contributed by atoms with Gasteiger partial charge in [0.25, 0.3) is 0 Å². The van der Waals surface area contributed by atoms with Gasteiger partial charge in [-0.1, -0.05) is 0 Å². The van der Waals surface area contributed by atoms with Gasteiger partial charge in [-0.2, -0.15) is 0 Å². The van der Waals surface area contributed by atoms with E-state index in [9.17, 15) is 9.59 Å². The van der Waals surface area contributed by atoms with Crippen LogP contribution in [-0.4, -0.2) is 23.1 Å². The van der Waals surface area contributed by atoms with Crippen molar-refractivity contribution in [3.05, 3.63) is 23.7 Å². The molecule has 0 N–H and O–H groups in total. The molecule has 0 aromatic carbocycles. The SMILES string of the molecule is Cc1ccc(C(C)N2CC(=O)CC2=O)o1. The van der Waals surface area contributed by atoms with E-state index in [2.05, 4.69) is 0 Å². The molecule has 1 aromatic heterocycles. The smallest absolute Gasteiger partial charge is 0.231 e. The third kappa shape index (κ3) is 1.79. The molecule has 15 heavy (non-hydrogen) atoms. The molecule has 4 heteroatoms. The van der Waals surface area contributed by atoms with Gasteiger partial charge >= 0.3 is 0 Å². The number of ketones is 1. The van der Waals surface area contributed by atoms with Crippen molar-refractivity contribution in [3.63, 3.8) is 0 Å². The summed E-state index contributed by atoms with van der Waals surface area (Å²) in [5.74, 6) is 1.42. The summed E-state index contributed by atoms with van der Waals surface area (Å²) in [7, 11) is 0. The van der Waals surface area contributed by atoms with Gasteiger partial charge in [-0.15, -0.1) is 0 Å². The van der Waals surface area contributed by atoms with E-state index in [0.717, 1.165) is 11.5 Å². The molecule has 0 radical (unpaired) electrons. The normalized spacial score (nSPS) is 18.7. The standard InChI is InChI=1S/C11H13NO3/c1-7-3-4-10(15-7)8(2)12-6-9(13)5-11(12)14/h3-4,8H,5-6H2,1-2H3. The minimum absolute atomic E-state index is 0.0184. The first-order valence-electron chi connectivity index (χ1n) is 4.95. The number of rotatable bonds is 2. The molecule has 1 unspecified atom stereocenters. The first kappa shape index (κ1) is 9.96. The van der Waals surface area contributed by atoms with Crippen molar-refractivity contribution >= 4 is 11.7 Å². The summed E-state index contributed by atoms with van der Waals surface area (Å²) >= 11 is 0. The molecular formula is C11H13NO3. The Morgan fingerprint density at radius 3 is 2.60 bits per heavy atom. The highest BCUT2D eigenvalue weighted by atomic mass is 16.3. The fourth-order valence-corrected chi connectivity index (χ4v) is 1.79. The lowest BCUT2D eigenvalue weighted by atomic mass is 10.2. The molecule has 1 aliphatic rings. The van der Waals surface area contributed by atoms with Gasteiger partial charge in [-0.05, 0) is 26.0 Å². The van der Waals surface area contributed by atoms with E-state index in [1.807, 2.05) is 26.0 Å². The van der Waals surface area contributed by atoms with Gasteiger partial charge in [0.05, 0.1) is 19.0 Å². The summed E-state index contributed by atoms with van der Waals surface area (Å²) in [6.07, 6.45) is 0.0318. The summed E-state index contributed by atoms with van der Waals surface area (Å²) in [5.41, 5.74) is 0. The molecule has 1 amide bonds. The highest BCUT2D eigenvalue weighted by molar-refractivity contribution is 6.05. The number of carbonyl (C=O) groups is 2. The maximum absolute atomic E-state index is 11.5. The van der Waals surface area contributed by atoms with Crippen LogP contribution in [0.1, 0.15) is 30.9 Å². The first-order chi connectivity index (χ1) is 7.08. The average molecular weight is 207 g/mol. The van der Waals surface area contributed by atoms with E-state index in [-0.39, 0.29) is 30.7 Å². The molecule has 1 fully saturated rings. The molecule has 2 rings (SSSR count). The quantitative estimate of drug-likeness (QED) is 0.690. The zero-order valence-electron chi connectivity index (χ0n) is 8.82. The van der Waals surface area contributed by atoms with Gasteiger partial charge in [0.15, 0.2) is 5.78 Å². The number of amides is 1. The first-order valence-corrected chi connectivity index (χ1v) is 4.95. The van der Waals surface area contributed by atoms with E-state index in [0.29, 0.717) is 0 Å². The number of Topliss-reactive ketones (excluding diaryl/α,β-unsaturated/α-hetero) is 1. The predicted octanol–water partition coefficient (Wildman–Crippen LogP) is 1.45. The molecule has 1 aromatic rings. The number of likely N-dealkylation sites (tertiary alicyclic amines) is 1. The number of nitrogens with zero attached hydrogens (tertiary/aromatic N) is 1. The van der Waals surface area contributed by atoms with E-state index >= 15 is 0 Å². The molecule has 1 atom stereocenters. The van der Waals surface area contributed by atoms with Crippen LogP contribution in [0.5, 0.6) is 0 Å². The molecule has 1 saturated heterocycles. The summed E-state index contributed by atoms with van der Waals surface area (Å²) in [4.78, 5) is 24.1. The summed E-state index contributed by atoms with van der Waals surface area (Å²) in [6, 6.07) is 3.54. The van der Waals surface area contributed by atoms with E-state index < -0.39 is 0 Å². The van der Waals surface area contributed by atoms with Crippen LogP contribution in [0.3, 0.4) is 0 Å². The van der Waals surface area contributed by atoms with Crippen molar-refractivity contribution in [2.75, 3.05) is 6.54 Å². The molecular weight excluding hydrogens is 194 g/mol. The van der Waals surface area contributed by atoms with Crippen LogP contribution in [0.4, 0.5) is 0 Å². The van der Waals surface area contributed by atoms with Gasteiger partial charge in [-0.3, -0.25) is 9.59 Å². The lowest BCUT2D eigenvalue weighted by molar-refractivity contribution is -0.129. The van der Waals surface area contributed by atoms with Crippen LogP contribution < -0.4 is 0 Å². The number of carbonyl (C=O) groups excluding carboxylic acids is 2. The van der Waals surface area contributed by atoms with Crippen molar-refractivity contribution in [2.45, 2.75) is 26.3 Å². The van der Waals surface area contributed by atoms with E-state index in [4.69, 9.17) is 4.42 Å². The minimum Gasteiger partial charge on any atom is -0.464 e. The lowest BCUT2D eigenvalue weighted by Gasteiger charge is -2.21. The van der Waals surface area contributed by atoms with Crippen molar-refractivity contribution in [1.29, 1.82) is 0 Å².